The van der Waals surface area contributed by atoms with Gasteiger partial charge in [0.25, 0.3) is 0 Å². The van der Waals surface area contributed by atoms with Gasteiger partial charge in [0.05, 0.1) is 24.9 Å². The van der Waals surface area contributed by atoms with E-state index in [4.69, 9.17) is 9.47 Å². The molecule has 9 heteroatoms. The van der Waals surface area contributed by atoms with E-state index in [1.165, 1.54) is 0 Å². The fraction of sp³-hybridized carbons (Fsp3) is 0.429. The van der Waals surface area contributed by atoms with E-state index < -0.39 is 10.0 Å². The second-order valence-corrected chi connectivity index (χ2v) is 10.2. The molecule has 7 nitrogen and oxygen atoms in total. The zero-order valence-electron chi connectivity index (χ0n) is 16.4. The Morgan fingerprint density at radius 1 is 1.13 bits per heavy atom. The number of hydrogen-bond donors (Lipinski definition) is 0. The molecule has 1 aliphatic carbocycles. The van der Waals surface area contributed by atoms with E-state index in [0.29, 0.717) is 30.1 Å². The van der Waals surface area contributed by atoms with Gasteiger partial charge in [-0.3, -0.25) is 0 Å². The number of nitrogens with zero attached hydrogens (tertiary/aromatic N) is 3. The van der Waals surface area contributed by atoms with E-state index in [9.17, 15) is 8.42 Å². The minimum Gasteiger partial charge on any atom is -0.493 e. The predicted octanol–water partition coefficient (Wildman–Crippen LogP) is 3.46. The summed E-state index contributed by atoms with van der Waals surface area (Å²) in [5.74, 6) is 1.18. The molecule has 0 N–H and O–H groups in total. The van der Waals surface area contributed by atoms with Crippen molar-refractivity contribution in [3.05, 3.63) is 48.0 Å². The highest BCUT2D eigenvalue weighted by atomic mass is 32.2. The molecule has 3 aromatic rings. The first-order valence-electron chi connectivity index (χ1n) is 10.1. The third-order valence-corrected chi connectivity index (χ3v) is 8.01. The van der Waals surface area contributed by atoms with Crippen LogP contribution in [0.1, 0.15) is 24.8 Å². The van der Waals surface area contributed by atoms with Crippen LogP contribution in [0.2, 0.25) is 0 Å². The van der Waals surface area contributed by atoms with Gasteiger partial charge in [0.1, 0.15) is 21.7 Å². The summed E-state index contributed by atoms with van der Waals surface area (Å²) in [5.41, 5.74) is 1.97. The number of hydrogen-bond acceptors (Lipinski definition) is 7. The number of aromatic nitrogens is 2. The lowest BCUT2D eigenvalue weighted by atomic mass is 10.1. The van der Waals surface area contributed by atoms with Gasteiger partial charge in [-0.05, 0) is 49.1 Å². The Labute approximate surface area is 180 Å². The van der Waals surface area contributed by atoms with Crippen molar-refractivity contribution >= 4 is 32.8 Å². The summed E-state index contributed by atoms with van der Waals surface area (Å²) in [5, 5.41) is 0. The zero-order valence-corrected chi connectivity index (χ0v) is 18.1. The fourth-order valence-corrected chi connectivity index (χ4v) is 6.16. The molecular weight excluding hydrogens is 422 g/mol. The number of ether oxygens (including phenoxy) is 2. The Hall–Kier alpha value is -2.07. The minimum absolute atomic E-state index is 0.0251. The molecule has 1 saturated heterocycles. The molecule has 1 atom stereocenters. The van der Waals surface area contributed by atoms with E-state index in [-0.39, 0.29) is 10.9 Å². The van der Waals surface area contributed by atoms with Crippen LogP contribution in [0.4, 0.5) is 0 Å². The van der Waals surface area contributed by atoms with Gasteiger partial charge in [-0.25, -0.2) is 8.42 Å². The number of rotatable bonds is 8. The average Bonchev–Trinajstić information content (AvgIpc) is 3.24. The predicted molar refractivity (Wildman–Crippen MR) is 114 cm³/mol. The molecule has 0 radical (unpaired) electrons. The van der Waals surface area contributed by atoms with E-state index in [0.717, 1.165) is 55.5 Å². The zero-order chi connectivity index (χ0) is 20.6. The van der Waals surface area contributed by atoms with Crippen molar-refractivity contribution in [2.45, 2.75) is 36.7 Å². The summed E-state index contributed by atoms with van der Waals surface area (Å²) in [4.78, 5) is 0.231. The Morgan fingerprint density at radius 2 is 2.00 bits per heavy atom. The van der Waals surface area contributed by atoms with E-state index in [2.05, 4.69) is 8.75 Å². The topological polar surface area (TPSA) is 81.6 Å². The summed E-state index contributed by atoms with van der Waals surface area (Å²) in [6.45, 7) is 2.46. The Bertz CT molecular complexity index is 1140. The highest BCUT2D eigenvalue weighted by molar-refractivity contribution is 7.89. The minimum atomic E-state index is -3.69. The van der Waals surface area contributed by atoms with Gasteiger partial charge in [0.15, 0.2) is 0 Å². The lowest BCUT2D eigenvalue weighted by molar-refractivity contribution is 0.167. The first-order chi connectivity index (χ1) is 14.6. The van der Waals surface area contributed by atoms with Gasteiger partial charge < -0.3 is 9.47 Å². The molecule has 5 rings (SSSR count). The van der Waals surface area contributed by atoms with Crippen LogP contribution in [0, 0.1) is 5.92 Å². The van der Waals surface area contributed by atoms with Crippen molar-refractivity contribution in [3.63, 3.8) is 0 Å². The fourth-order valence-electron chi connectivity index (χ4n) is 3.73. The maximum absolute atomic E-state index is 13.5. The summed E-state index contributed by atoms with van der Waals surface area (Å²) in [7, 11) is -3.69. The molecular formula is C21H23N3O4S2. The van der Waals surface area contributed by atoms with Gasteiger partial charge in [0, 0.05) is 25.1 Å². The molecule has 1 aromatic heterocycles. The molecule has 2 heterocycles. The molecule has 1 aliphatic heterocycles. The first-order valence-corrected chi connectivity index (χ1v) is 12.3. The normalized spacial score (nSPS) is 19.6. The molecule has 2 aromatic carbocycles. The van der Waals surface area contributed by atoms with Crippen LogP contribution in [0.3, 0.4) is 0 Å². The van der Waals surface area contributed by atoms with Crippen molar-refractivity contribution in [2.75, 3.05) is 19.8 Å². The Morgan fingerprint density at radius 3 is 2.80 bits per heavy atom. The Balaban J connectivity index is 1.38. The van der Waals surface area contributed by atoms with Crippen LogP contribution >= 0.6 is 11.7 Å². The molecule has 2 fully saturated rings. The molecule has 158 valence electrons. The van der Waals surface area contributed by atoms with Crippen molar-refractivity contribution < 1.29 is 17.9 Å². The number of benzene rings is 2. The van der Waals surface area contributed by atoms with Crippen LogP contribution in [0.25, 0.3) is 11.0 Å². The molecule has 2 aliphatic rings. The van der Waals surface area contributed by atoms with Gasteiger partial charge in [-0.2, -0.15) is 13.1 Å². The quantitative estimate of drug-likeness (QED) is 0.528. The summed E-state index contributed by atoms with van der Waals surface area (Å²) < 4.78 is 48.4. The lowest BCUT2D eigenvalue weighted by Crippen LogP contribution is -2.32. The third-order valence-electron chi connectivity index (χ3n) is 5.54. The SMILES string of the molecule is O=S(=O)(c1cccc2nsnc12)N(Cc1cccc(OC[C@@H]2CCOC2)c1)C1CC1. The van der Waals surface area contributed by atoms with Gasteiger partial charge in [0.2, 0.25) is 10.0 Å². The largest absolute Gasteiger partial charge is 0.493 e. The summed E-state index contributed by atoms with van der Waals surface area (Å²) in [6, 6.07) is 12.9. The van der Waals surface area contributed by atoms with Crippen LogP contribution in [0.15, 0.2) is 47.4 Å². The summed E-state index contributed by atoms with van der Waals surface area (Å²) in [6.07, 6.45) is 2.77. The number of fused-ring (bicyclic) bond motifs is 1. The van der Waals surface area contributed by atoms with Crippen molar-refractivity contribution in [1.82, 2.24) is 13.1 Å². The van der Waals surface area contributed by atoms with E-state index in [1.807, 2.05) is 24.3 Å². The first kappa shape index (κ1) is 19.9. The van der Waals surface area contributed by atoms with Crippen LogP contribution in [-0.2, 0) is 21.3 Å². The molecule has 0 bridgehead atoms. The monoisotopic (exact) mass is 445 g/mol. The van der Waals surface area contributed by atoms with Crippen molar-refractivity contribution in [1.29, 1.82) is 0 Å². The molecule has 0 amide bonds. The smallest absolute Gasteiger partial charge is 0.245 e. The highest BCUT2D eigenvalue weighted by Crippen LogP contribution is 2.35. The second kappa shape index (κ2) is 8.22. The Kier molecular flexibility index (Phi) is 5.44. The molecule has 30 heavy (non-hydrogen) atoms. The van der Waals surface area contributed by atoms with Crippen LogP contribution in [-0.4, -0.2) is 47.3 Å². The maximum Gasteiger partial charge on any atom is 0.245 e. The van der Waals surface area contributed by atoms with Crippen molar-refractivity contribution in [2.24, 2.45) is 5.92 Å². The molecule has 0 spiro atoms. The standard InChI is InChI=1S/C21H23N3O4S2/c25-30(26,20-6-2-5-19-21(20)23-29-22-19)24(17-7-8-17)12-15-3-1-4-18(11-15)28-14-16-9-10-27-13-16/h1-6,11,16-17H,7-10,12-14H2/t16-/m1/s1. The van der Waals surface area contributed by atoms with Crippen LogP contribution in [0.5, 0.6) is 5.75 Å². The lowest BCUT2D eigenvalue weighted by Gasteiger charge is -2.22. The van der Waals surface area contributed by atoms with E-state index in [1.54, 1.807) is 22.5 Å². The molecule has 0 unspecified atom stereocenters. The third kappa shape index (κ3) is 4.07. The van der Waals surface area contributed by atoms with Gasteiger partial charge in [-0.15, -0.1) is 0 Å². The van der Waals surface area contributed by atoms with Crippen LogP contribution < -0.4 is 4.74 Å². The molecule has 1 saturated carbocycles. The second-order valence-electron chi connectivity index (χ2n) is 7.86. The van der Waals surface area contributed by atoms with E-state index >= 15 is 0 Å². The average molecular weight is 446 g/mol. The summed E-state index contributed by atoms with van der Waals surface area (Å²) >= 11 is 1.03. The van der Waals surface area contributed by atoms with Crippen molar-refractivity contribution in [3.8, 4) is 5.75 Å². The van der Waals surface area contributed by atoms with Gasteiger partial charge >= 0.3 is 0 Å². The highest BCUT2D eigenvalue weighted by Gasteiger charge is 2.39. The number of sulfonamides is 1. The van der Waals surface area contributed by atoms with Gasteiger partial charge in [-0.1, -0.05) is 18.2 Å². The maximum atomic E-state index is 13.5.